The minimum atomic E-state index is -0.337. The van der Waals surface area contributed by atoms with Crippen molar-refractivity contribution in [3.05, 3.63) is 59.2 Å². The highest BCUT2D eigenvalue weighted by Crippen LogP contribution is 2.41. The van der Waals surface area contributed by atoms with Gasteiger partial charge in [-0.15, -0.1) is 0 Å². The highest BCUT2D eigenvalue weighted by molar-refractivity contribution is 5.98. The highest BCUT2D eigenvalue weighted by atomic mass is 16.5. The van der Waals surface area contributed by atoms with E-state index in [4.69, 9.17) is 9.47 Å². The number of benzene rings is 2. The molecule has 1 N–H and O–H groups in total. The van der Waals surface area contributed by atoms with Gasteiger partial charge in [0.25, 0.3) is 5.91 Å². The zero-order chi connectivity index (χ0) is 21.9. The SMILES string of the molecule is CCN1c2cc(OC)c(/C=N\NC(=O)c3ccccc3OC)cc2C(C)=CC1(C)C. The summed E-state index contributed by atoms with van der Waals surface area (Å²) in [6.07, 6.45) is 3.88. The van der Waals surface area contributed by atoms with E-state index in [1.807, 2.05) is 12.1 Å². The second-order valence-electron chi connectivity index (χ2n) is 7.74. The molecule has 0 saturated heterocycles. The first-order chi connectivity index (χ1) is 14.3. The van der Waals surface area contributed by atoms with Crippen molar-refractivity contribution in [2.24, 2.45) is 5.10 Å². The zero-order valence-corrected chi connectivity index (χ0v) is 18.4. The molecule has 6 nitrogen and oxygen atoms in total. The lowest BCUT2D eigenvalue weighted by molar-refractivity contribution is 0.0952. The molecule has 3 rings (SSSR count). The minimum Gasteiger partial charge on any atom is -0.496 e. The van der Waals surface area contributed by atoms with Gasteiger partial charge in [-0.1, -0.05) is 18.2 Å². The van der Waals surface area contributed by atoms with Crippen molar-refractivity contribution in [3.8, 4) is 11.5 Å². The number of rotatable bonds is 6. The van der Waals surface area contributed by atoms with Crippen LogP contribution >= 0.6 is 0 Å². The molecule has 1 aliphatic heterocycles. The second-order valence-corrected chi connectivity index (χ2v) is 7.74. The Kier molecular flexibility index (Phi) is 6.15. The lowest BCUT2D eigenvalue weighted by atomic mass is 9.88. The maximum Gasteiger partial charge on any atom is 0.275 e. The number of ether oxygens (including phenoxy) is 2. The zero-order valence-electron chi connectivity index (χ0n) is 18.4. The van der Waals surface area contributed by atoms with Gasteiger partial charge in [-0.05, 0) is 51.5 Å². The molecule has 0 fully saturated rings. The van der Waals surface area contributed by atoms with Crippen molar-refractivity contribution in [3.63, 3.8) is 0 Å². The number of fused-ring (bicyclic) bond motifs is 1. The van der Waals surface area contributed by atoms with Gasteiger partial charge in [-0.3, -0.25) is 4.79 Å². The van der Waals surface area contributed by atoms with Gasteiger partial charge in [0.1, 0.15) is 11.5 Å². The van der Waals surface area contributed by atoms with Crippen LogP contribution in [0.5, 0.6) is 11.5 Å². The van der Waals surface area contributed by atoms with E-state index in [1.165, 1.54) is 12.7 Å². The number of carbonyl (C=O) groups excluding carboxylic acids is 1. The van der Waals surface area contributed by atoms with Gasteiger partial charge in [0.05, 0.1) is 31.5 Å². The summed E-state index contributed by atoms with van der Waals surface area (Å²) in [5.74, 6) is 0.864. The first kappa shape index (κ1) is 21.4. The summed E-state index contributed by atoms with van der Waals surface area (Å²) in [5, 5.41) is 4.15. The first-order valence-electron chi connectivity index (χ1n) is 9.98. The van der Waals surface area contributed by atoms with Crippen molar-refractivity contribution in [2.75, 3.05) is 25.7 Å². The van der Waals surface area contributed by atoms with Crippen molar-refractivity contribution >= 4 is 23.4 Å². The molecule has 0 aromatic heterocycles. The molecular weight excluding hydrogens is 378 g/mol. The quantitative estimate of drug-likeness (QED) is 0.566. The molecule has 0 saturated carbocycles. The maximum absolute atomic E-state index is 12.5. The van der Waals surface area contributed by atoms with E-state index in [-0.39, 0.29) is 11.4 Å². The van der Waals surface area contributed by atoms with Crippen LogP contribution in [0.1, 0.15) is 49.2 Å². The average molecular weight is 408 g/mol. The van der Waals surface area contributed by atoms with E-state index in [2.05, 4.69) is 55.3 Å². The number of para-hydroxylation sites is 1. The summed E-state index contributed by atoms with van der Waals surface area (Å²) in [4.78, 5) is 14.8. The lowest BCUT2D eigenvalue weighted by Crippen LogP contribution is -2.44. The molecule has 6 heteroatoms. The van der Waals surface area contributed by atoms with Crippen molar-refractivity contribution in [1.29, 1.82) is 0 Å². The fourth-order valence-corrected chi connectivity index (χ4v) is 4.03. The van der Waals surface area contributed by atoms with Crippen LogP contribution in [0.3, 0.4) is 0 Å². The van der Waals surface area contributed by atoms with Gasteiger partial charge in [0.2, 0.25) is 0 Å². The van der Waals surface area contributed by atoms with Crippen LogP contribution in [0.25, 0.3) is 5.57 Å². The molecule has 30 heavy (non-hydrogen) atoms. The largest absolute Gasteiger partial charge is 0.496 e. The van der Waals surface area contributed by atoms with E-state index in [0.29, 0.717) is 17.1 Å². The second kappa shape index (κ2) is 8.61. The van der Waals surface area contributed by atoms with Gasteiger partial charge in [-0.2, -0.15) is 5.10 Å². The Labute approximate surface area is 178 Å². The molecule has 158 valence electrons. The summed E-state index contributed by atoms with van der Waals surface area (Å²) in [6, 6.07) is 11.1. The van der Waals surface area contributed by atoms with E-state index in [0.717, 1.165) is 23.4 Å². The molecule has 1 aliphatic rings. The molecule has 0 unspecified atom stereocenters. The van der Waals surface area contributed by atoms with Crippen LogP contribution in [-0.2, 0) is 0 Å². The molecule has 0 bridgehead atoms. The Bertz CT molecular complexity index is 1010. The number of likely N-dealkylation sites (N-methyl/N-ethyl adjacent to an activating group) is 1. The third kappa shape index (κ3) is 4.03. The van der Waals surface area contributed by atoms with Crippen molar-refractivity contribution in [2.45, 2.75) is 33.2 Å². The van der Waals surface area contributed by atoms with Crippen LogP contribution in [0, 0.1) is 0 Å². The molecular formula is C24H29N3O3. The van der Waals surface area contributed by atoms with E-state index in [9.17, 15) is 4.79 Å². The van der Waals surface area contributed by atoms with Crippen molar-refractivity contribution < 1.29 is 14.3 Å². The van der Waals surface area contributed by atoms with Crippen molar-refractivity contribution in [1.82, 2.24) is 5.43 Å². The average Bonchev–Trinajstić information content (AvgIpc) is 2.73. The Morgan fingerprint density at radius 1 is 1.17 bits per heavy atom. The predicted molar refractivity (Wildman–Crippen MR) is 122 cm³/mol. The number of amides is 1. The molecule has 1 heterocycles. The lowest BCUT2D eigenvalue weighted by Gasteiger charge is -2.43. The van der Waals surface area contributed by atoms with Gasteiger partial charge in [0.15, 0.2) is 0 Å². The summed E-state index contributed by atoms with van der Waals surface area (Å²) >= 11 is 0. The molecule has 2 aromatic carbocycles. The topological polar surface area (TPSA) is 63.2 Å². The molecule has 0 spiro atoms. The Hall–Kier alpha value is -3.28. The number of methoxy groups -OCH3 is 2. The highest BCUT2D eigenvalue weighted by Gasteiger charge is 2.31. The number of nitrogens with zero attached hydrogens (tertiary/aromatic N) is 2. The molecule has 1 amide bonds. The number of carbonyl (C=O) groups is 1. The van der Waals surface area contributed by atoms with Gasteiger partial charge in [-0.25, -0.2) is 5.43 Å². The van der Waals surface area contributed by atoms with Crippen LogP contribution in [-0.4, -0.2) is 38.4 Å². The maximum atomic E-state index is 12.5. The van der Waals surface area contributed by atoms with Gasteiger partial charge in [0, 0.05) is 29.4 Å². The normalized spacial score (nSPS) is 14.9. The predicted octanol–water partition coefficient (Wildman–Crippen LogP) is 4.49. The van der Waals surface area contributed by atoms with Gasteiger partial charge >= 0.3 is 0 Å². The van der Waals surface area contributed by atoms with Gasteiger partial charge < -0.3 is 14.4 Å². The first-order valence-corrected chi connectivity index (χ1v) is 9.98. The number of nitrogens with one attached hydrogen (secondary N) is 1. The van der Waals surface area contributed by atoms with E-state index >= 15 is 0 Å². The number of hydrogen-bond acceptors (Lipinski definition) is 5. The summed E-state index contributed by atoms with van der Waals surface area (Å²) in [7, 11) is 3.17. The van der Waals surface area contributed by atoms with Crippen LogP contribution in [0.4, 0.5) is 5.69 Å². The van der Waals surface area contributed by atoms with E-state index < -0.39 is 0 Å². The molecule has 0 aliphatic carbocycles. The smallest absolute Gasteiger partial charge is 0.275 e. The summed E-state index contributed by atoms with van der Waals surface area (Å²) < 4.78 is 10.9. The molecule has 0 radical (unpaired) electrons. The van der Waals surface area contributed by atoms with Crippen LogP contribution in [0.2, 0.25) is 0 Å². The monoisotopic (exact) mass is 407 g/mol. The summed E-state index contributed by atoms with van der Waals surface area (Å²) in [5.41, 5.74) is 7.18. The number of hydrazone groups is 1. The molecule has 0 atom stereocenters. The Balaban J connectivity index is 1.90. The number of allylic oxidation sites excluding steroid dienone is 1. The van der Waals surface area contributed by atoms with E-state index in [1.54, 1.807) is 31.5 Å². The number of anilines is 1. The third-order valence-electron chi connectivity index (χ3n) is 5.37. The fraction of sp³-hybridized carbons (Fsp3) is 0.333. The minimum absolute atomic E-state index is 0.0742. The van der Waals surface area contributed by atoms with Crippen LogP contribution in [0.15, 0.2) is 47.6 Å². The Morgan fingerprint density at radius 2 is 1.87 bits per heavy atom. The summed E-state index contributed by atoms with van der Waals surface area (Å²) in [6.45, 7) is 9.56. The standard InChI is InChI=1S/C24H29N3O3/c1-7-27-20-13-22(30-6)17(12-19(20)16(2)14-24(27,3)4)15-25-26-23(28)18-10-8-9-11-21(18)29-5/h8-15H,7H2,1-6H3,(H,26,28)/b25-15-. The molecule has 2 aromatic rings. The fourth-order valence-electron chi connectivity index (χ4n) is 4.03. The Morgan fingerprint density at radius 3 is 2.53 bits per heavy atom. The number of hydrogen-bond donors (Lipinski definition) is 1. The van der Waals surface area contributed by atoms with Crippen LogP contribution < -0.4 is 19.8 Å². The third-order valence-corrected chi connectivity index (χ3v) is 5.37.